The van der Waals surface area contributed by atoms with Crippen molar-refractivity contribution >= 4 is 0 Å². The number of halogens is 3. The number of nitrogens with one attached hydrogen (secondary N) is 1. The summed E-state index contributed by atoms with van der Waals surface area (Å²) < 4.78 is 39.6. The van der Waals surface area contributed by atoms with Gasteiger partial charge in [0.15, 0.2) is 0 Å². The highest BCUT2D eigenvalue weighted by molar-refractivity contribution is 5.27. The minimum Gasteiger partial charge on any atom is -0.387 e. The highest BCUT2D eigenvalue weighted by atomic mass is 19.4. The van der Waals surface area contributed by atoms with Crippen molar-refractivity contribution < 1.29 is 18.3 Å². The van der Waals surface area contributed by atoms with Gasteiger partial charge in [-0.15, -0.1) is 0 Å². The molecule has 1 aromatic heterocycles. The van der Waals surface area contributed by atoms with E-state index in [0.717, 1.165) is 23.4 Å². The molecule has 0 spiro atoms. The number of aromatic nitrogens is 2. The van der Waals surface area contributed by atoms with Crippen LogP contribution in [0.2, 0.25) is 0 Å². The summed E-state index contributed by atoms with van der Waals surface area (Å²) in [6, 6.07) is 4.38. The lowest BCUT2D eigenvalue weighted by Crippen LogP contribution is -2.34. The molecule has 0 aliphatic carbocycles. The van der Waals surface area contributed by atoms with E-state index in [1.165, 1.54) is 12.1 Å². The lowest BCUT2D eigenvalue weighted by Gasteiger charge is -2.23. The highest BCUT2D eigenvalue weighted by Gasteiger charge is 2.30. The zero-order valence-corrected chi connectivity index (χ0v) is 13.9. The fourth-order valence-electron chi connectivity index (χ4n) is 2.54. The second kappa shape index (κ2) is 7.36. The molecule has 2 atom stereocenters. The Kier molecular flexibility index (Phi) is 5.66. The van der Waals surface area contributed by atoms with E-state index in [1.54, 1.807) is 10.9 Å². The molecule has 4 nitrogen and oxygen atoms in total. The van der Waals surface area contributed by atoms with Crippen LogP contribution in [0.25, 0.3) is 0 Å². The summed E-state index contributed by atoms with van der Waals surface area (Å²) in [4.78, 5) is 0. The number of nitrogens with zero attached hydrogens (tertiary/aromatic N) is 2. The summed E-state index contributed by atoms with van der Waals surface area (Å²) in [7, 11) is 1.85. The third-order valence-electron chi connectivity index (χ3n) is 4.29. The average molecular weight is 341 g/mol. The summed E-state index contributed by atoms with van der Waals surface area (Å²) in [5.41, 5.74) is 1.80. The molecule has 2 rings (SSSR count). The van der Waals surface area contributed by atoms with Gasteiger partial charge in [-0.2, -0.15) is 18.3 Å². The third-order valence-corrected chi connectivity index (χ3v) is 4.29. The molecule has 0 saturated heterocycles. The Morgan fingerprint density at radius 2 is 1.88 bits per heavy atom. The molecule has 1 heterocycles. The van der Waals surface area contributed by atoms with Gasteiger partial charge in [-0.25, -0.2) is 0 Å². The molecule has 0 bridgehead atoms. The van der Waals surface area contributed by atoms with E-state index in [1.807, 2.05) is 20.9 Å². The Balaban J connectivity index is 2.05. The summed E-state index contributed by atoms with van der Waals surface area (Å²) in [5.74, 6) is 0. The predicted molar refractivity (Wildman–Crippen MR) is 85.3 cm³/mol. The number of alkyl halides is 3. The molecule has 0 radical (unpaired) electrons. The van der Waals surface area contributed by atoms with E-state index in [2.05, 4.69) is 10.4 Å². The largest absolute Gasteiger partial charge is 0.416 e. The van der Waals surface area contributed by atoms with E-state index in [0.29, 0.717) is 18.5 Å². The minimum atomic E-state index is -4.37. The van der Waals surface area contributed by atoms with Crippen LogP contribution in [0.5, 0.6) is 0 Å². The second-order valence-electron chi connectivity index (χ2n) is 5.84. The van der Waals surface area contributed by atoms with Crippen molar-refractivity contribution in [2.45, 2.75) is 45.1 Å². The van der Waals surface area contributed by atoms with Crippen LogP contribution in [0.1, 0.15) is 41.8 Å². The quantitative estimate of drug-likeness (QED) is 0.847. The van der Waals surface area contributed by atoms with Gasteiger partial charge in [0.25, 0.3) is 0 Å². The van der Waals surface area contributed by atoms with E-state index >= 15 is 0 Å². The summed E-state index contributed by atoms with van der Waals surface area (Å²) in [6.45, 7) is 4.41. The van der Waals surface area contributed by atoms with Crippen molar-refractivity contribution in [3.8, 4) is 0 Å². The lowest BCUT2D eigenvalue weighted by molar-refractivity contribution is -0.137. The van der Waals surface area contributed by atoms with Gasteiger partial charge in [-0.05, 0) is 31.0 Å². The highest BCUT2D eigenvalue weighted by Crippen LogP contribution is 2.30. The van der Waals surface area contributed by atoms with E-state index in [9.17, 15) is 18.3 Å². The van der Waals surface area contributed by atoms with Crippen molar-refractivity contribution in [1.82, 2.24) is 15.1 Å². The summed E-state index contributed by atoms with van der Waals surface area (Å²) in [5, 5.41) is 17.9. The van der Waals surface area contributed by atoms with Gasteiger partial charge in [0, 0.05) is 30.9 Å². The van der Waals surface area contributed by atoms with Gasteiger partial charge in [0.1, 0.15) is 0 Å². The first-order valence-electron chi connectivity index (χ1n) is 7.80. The van der Waals surface area contributed by atoms with Crippen molar-refractivity contribution in [1.29, 1.82) is 0 Å². The summed E-state index contributed by atoms with van der Waals surface area (Å²) in [6.07, 6.45) is -2.85. The number of aliphatic hydroxyl groups is 1. The van der Waals surface area contributed by atoms with Gasteiger partial charge >= 0.3 is 6.18 Å². The maximum Gasteiger partial charge on any atom is 0.416 e. The van der Waals surface area contributed by atoms with Gasteiger partial charge in [-0.1, -0.05) is 19.1 Å². The summed E-state index contributed by atoms with van der Waals surface area (Å²) >= 11 is 0. The first-order chi connectivity index (χ1) is 11.2. The van der Waals surface area contributed by atoms with E-state index in [-0.39, 0.29) is 6.04 Å². The fraction of sp³-hybridized carbons (Fsp3) is 0.471. The van der Waals surface area contributed by atoms with Crippen molar-refractivity contribution in [3.63, 3.8) is 0 Å². The van der Waals surface area contributed by atoms with Crippen LogP contribution in [-0.2, 0) is 19.8 Å². The van der Waals surface area contributed by atoms with E-state index in [4.69, 9.17) is 0 Å². The predicted octanol–water partition coefficient (Wildman–Crippen LogP) is 3.35. The van der Waals surface area contributed by atoms with Crippen molar-refractivity contribution in [3.05, 3.63) is 52.8 Å². The van der Waals surface area contributed by atoms with Crippen LogP contribution < -0.4 is 5.32 Å². The maximum absolute atomic E-state index is 12.6. The van der Waals surface area contributed by atoms with E-state index < -0.39 is 17.8 Å². The molecule has 0 aliphatic rings. The first kappa shape index (κ1) is 18.5. The first-order valence-corrected chi connectivity index (χ1v) is 7.80. The SMILES string of the molecule is CCC(NCc1cnn(C)c1C)C(O)c1ccc(C(F)(F)F)cc1. The zero-order valence-electron chi connectivity index (χ0n) is 13.9. The molecular formula is C17H22F3N3O. The Morgan fingerprint density at radius 3 is 2.33 bits per heavy atom. The molecule has 7 heteroatoms. The number of rotatable bonds is 6. The molecule has 0 amide bonds. The number of benzene rings is 1. The molecule has 0 aliphatic heterocycles. The molecule has 132 valence electrons. The number of aryl methyl sites for hydroxylation is 1. The number of aliphatic hydroxyl groups excluding tert-OH is 1. The van der Waals surface area contributed by atoms with Crippen LogP contribution in [0.4, 0.5) is 13.2 Å². The number of hydrogen-bond donors (Lipinski definition) is 2. The zero-order chi connectivity index (χ0) is 17.9. The van der Waals surface area contributed by atoms with Gasteiger partial charge in [-0.3, -0.25) is 4.68 Å². The van der Waals surface area contributed by atoms with Crippen molar-refractivity contribution in [2.24, 2.45) is 7.05 Å². The van der Waals surface area contributed by atoms with Crippen molar-refractivity contribution in [2.75, 3.05) is 0 Å². The minimum absolute atomic E-state index is 0.263. The Bertz CT molecular complexity index is 665. The lowest BCUT2D eigenvalue weighted by atomic mass is 9.98. The molecule has 0 saturated carbocycles. The second-order valence-corrected chi connectivity index (χ2v) is 5.84. The van der Waals surface area contributed by atoms with Gasteiger partial charge in [0.2, 0.25) is 0 Å². The topological polar surface area (TPSA) is 50.1 Å². The molecule has 24 heavy (non-hydrogen) atoms. The van der Waals surface area contributed by atoms with Crippen LogP contribution >= 0.6 is 0 Å². The molecule has 0 fully saturated rings. The standard InChI is InChI=1S/C17H22F3N3O/c1-4-15(21-9-13-10-22-23(3)11(13)2)16(24)12-5-7-14(8-6-12)17(18,19)20/h5-8,10,15-16,21,24H,4,9H2,1-3H3. The molecular weight excluding hydrogens is 319 g/mol. The fourth-order valence-corrected chi connectivity index (χ4v) is 2.54. The Hall–Kier alpha value is -1.86. The van der Waals surface area contributed by atoms with Gasteiger partial charge in [0.05, 0.1) is 17.9 Å². The average Bonchev–Trinajstić information content (AvgIpc) is 2.86. The van der Waals surface area contributed by atoms with Crippen LogP contribution in [0, 0.1) is 6.92 Å². The van der Waals surface area contributed by atoms with Crippen LogP contribution in [0.3, 0.4) is 0 Å². The Labute approximate surface area is 139 Å². The molecule has 1 aromatic carbocycles. The third kappa shape index (κ3) is 4.15. The Morgan fingerprint density at radius 1 is 1.25 bits per heavy atom. The smallest absolute Gasteiger partial charge is 0.387 e. The van der Waals surface area contributed by atoms with Crippen LogP contribution in [0.15, 0.2) is 30.5 Å². The number of hydrogen-bond acceptors (Lipinski definition) is 3. The molecule has 2 unspecified atom stereocenters. The molecule has 2 N–H and O–H groups in total. The van der Waals surface area contributed by atoms with Crippen LogP contribution in [-0.4, -0.2) is 20.9 Å². The van der Waals surface area contributed by atoms with Gasteiger partial charge < -0.3 is 10.4 Å². The molecule has 2 aromatic rings. The normalized spacial score (nSPS) is 14.6. The maximum atomic E-state index is 12.6. The monoisotopic (exact) mass is 341 g/mol.